The van der Waals surface area contributed by atoms with Crippen LogP contribution in [0.25, 0.3) is 0 Å². The minimum atomic E-state index is -1.53. The highest BCUT2D eigenvalue weighted by Crippen LogP contribution is 2.29. The second-order valence-corrected chi connectivity index (χ2v) is 4.44. The van der Waals surface area contributed by atoms with Gasteiger partial charge in [0.25, 0.3) is 0 Å². The Hall–Kier alpha value is -1.30. The number of hydrogen-bond donors (Lipinski definition) is 1. The minimum absolute atomic E-state index is 0.148. The lowest BCUT2D eigenvalue weighted by atomic mass is 10.1. The maximum atomic E-state index is 13.4. The van der Waals surface area contributed by atoms with Gasteiger partial charge in [-0.2, -0.15) is 8.78 Å². The van der Waals surface area contributed by atoms with E-state index in [4.69, 9.17) is 4.74 Å². The molecule has 0 aromatic heterocycles. The summed E-state index contributed by atoms with van der Waals surface area (Å²) in [6.45, 7) is 5.86. The summed E-state index contributed by atoms with van der Waals surface area (Å²) < 4.78 is 57.7. The Kier molecular flexibility index (Phi) is 4.56. The van der Waals surface area contributed by atoms with Gasteiger partial charge in [-0.1, -0.05) is 6.92 Å². The predicted octanol–water partition coefficient (Wildman–Crippen LogP) is 3.01. The molecule has 0 aliphatic rings. The number of ether oxygens (including phenoxy) is 1. The summed E-state index contributed by atoms with van der Waals surface area (Å²) in [5, 5.41) is 2.92. The molecule has 0 aliphatic carbocycles. The number of nitrogens with one attached hydrogen (secondary N) is 1. The van der Waals surface area contributed by atoms with E-state index < -0.39 is 34.6 Å². The lowest BCUT2D eigenvalue weighted by Gasteiger charge is -2.27. The van der Waals surface area contributed by atoms with Gasteiger partial charge in [-0.15, -0.1) is 0 Å². The van der Waals surface area contributed by atoms with Crippen LogP contribution in [0.4, 0.5) is 17.6 Å². The first-order valence-electron chi connectivity index (χ1n) is 5.51. The lowest BCUT2D eigenvalue weighted by molar-refractivity contribution is 0.0943. The number of halogens is 4. The lowest BCUT2D eigenvalue weighted by Crippen LogP contribution is -2.40. The van der Waals surface area contributed by atoms with Gasteiger partial charge in [-0.25, -0.2) is 8.78 Å². The molecule has 0 aliphatic heterocycles. The summed E-state index contributed by atoms with van der Waals surface area (Å²) in [6.07, 6.45) is 0. The third-order valence-electron chi connectivity index (χ3n) is 2.25. The SMILES string of the molecule is CCNCC(C)(C)Oc1c(F)c(F)cc(F)c1F. The average molecular weight is 265 g/mol. The Balaban J connectivity index is 3.03. The highest BCUT2D eigenvalue weighted by molar-refractivity contribution is 5.29. The molecule has 0 spiro atoms. The molecule has 18 heavy (non-hydrogen) atoms. The van der Waals surface area contributed by atoms with Gasteiger partial charge in [0, 0.05) is 12.6 Å². The molecule has 0 amide bonds. The van der Waals surface area contributed by atoms with Crippen LogP contribution in [0.2, 0.25) is 0 Å². The van der Waals surface area contributed by atoms with E-state index in [0.29, 0.717) is 6.54 Å². The van der Waals surface area contributed by atoms with Gasteiger partial charge in [0.05, 0.1) is 0 Å². The Labute approximate surface area is 103 Å². The number of likely N-dealkylation sites (N-methyl/N-ethyl adjacent to an activating group) is 1. The van der Waals surface area contributed by atoms with E-state index in [1.54, 1.807) is 13.8 Å². The standard InChI is InChI=1S/C12H15F4NO/c1-4-17-6-12(2,3)18-11-9(15)7(13)5-8(14)10(11)16/h5,17H,4,6H2,1-3H3. The predicted molar refractivity (Wildman–Crippen MR) is 59.5 cm³/mol. The maximum absolute atomic E-state index is 13.4. The molecule has 2 nitrogen and oxygen atoms in total. The smallest absolute Gasteiger partial charge is 0.203 e. The molecule has 0 heterocycles. The minimum Gasteiger partial charge on any atom is -0.480 e. The van der Waals surface area contributed by atoms with Gasteiger partial charge < -0.3 is 10.1 Å². The molecule has 0 saturated carbocycles. The van der Waals surface area contributed by atoms with Crippen molar-refractivity contribution in [2.24, 2.45) is 0 Å². The van der Waals surface area contributed by atoms with Crippen molar-refractivity contribution in [2.45, 2.75) is 26.4 Å². The highest BCUT2D eigenvalue weighted by Gasteiger charge is 2.27. The summed E-state index contributed by atoms with van der Waals surface area (Å²) in [7, 11) is 0. The van der Waals surface area contributed by atoms with E-state index in [-0.39, 0.29) is 12.6 Å². The summed E-state index contributed by atoms with van der Waals surface area (Å²) >= 11 is 0. The molecule has 0 radical (unpaired) electrons. The quantitative estimate of drug-likeness (QED) is 0.652. The van der Waals surface area contributed by atoms with Crippen molar-refractivity contribution >= 4 is 0 Å². The van der Waals surface area contributed by atoms with E-state index in [1.807, 2.05) is 6.92 Å². The first-order chi connectivity index (χ1) is 8.28. The Morgan fingerprint density at radius 3 is 2.06 bits per heavy atom. The zero-order valence-corrected chi connectivity index (χ0v) is 10.4. The largest absolute Gasteiger partial charge is 0.480 e. The van der Waals surface area contributed by atoms with Crippen LogP contribution < -0.4 is 10.1 Å². The van der Waals surface area contributed by atoms with Crippen molar-refractivity contribution in [3.63, 3.8) is 0 Å². The van der Waals surface area contributed by atoms with Gasteiger partial charge in [-0.05, 0) is 20.4 Å². The molecule has 0 atom stereocenters. The zero-order chi connectivity index (χ0) is 13.9. The van der Waals surface area contributed by atoms with Crippen molar-refractivity contribution in [1.29, 1.82) is 0 Å². The van der Waals surface area contributed by atoms with Crippen LogP contribution >= 0.6 is 0 Å². The van der Waals surface area contributed by atoms with E-state index in [0.717, 1.165) is 0 Å². The third-order valence-corrected chi connectivity index (χ3v) is 2.25. The highest BCUT2D eigenvalue weighted by atomic mass is 19.2. The van der Waals surface area contributed by atoms with E-state index in [1.165, 1.54) is 0 Å². The molecule has 0 fully saturated rings. The molecule has 1 rings (SSSR count). The topological polar surface area (TPSA) is 21.3 Å². The molecular weight excluding hydrogens is 250 g/mol. The molecule has 6 heteroatoms. The summed E-state index contributed by atoms with van der Waals surface area (Å²) in [5.41, 5.74) is -1.00. The number of benzene rings is 1. The second kappa shape index (κ2) is 5.56. The fraction of sp³-hybridized carbons (Fsp3) is 0.500. The monoisotopic (exact) mass is 265 g/mol. The summed E-state index contributed by atoms with van der Waals surface area (Å²) in [5.74, 6) is -7.06. The molecule has 1 aromatic rings. The van der Waals surface area contributed by atoms with Crippen LogP contribution in [-0.2, 0) is 0 Å². The van der Waals surface area contributed by atoms with Crippen LogP contribution in [0.15, 0.2) is 6.07 Å². The van der Waals surface area contributed by atoms with E-state index in [9.17, 15) is 17.6 Å². The van der Waals surface area contributed by atoms with Gasteiger partial charge in [-0.3, -0.25) is 0 Å². The molecule has 102 valence electrons. The molecule has 1 aromatic carbocycles. The molecule has 0 unspecified atom stereocenters. The fourth-order valence-corrected chi connectivity index (χ4v) is 1.38. The first kappa shape index (κ1) is 14.8. The van der Waals surface area contributed by atoms with Crippen LogP contribution in [0.5, 0.6) is 5.75 Å². The fourth-order valence-electron chi connectivity index (χ4n) is 1.38. The second-order valence-electron chi connectivity index (χ2n) is 4.44. The third kappa shape index (κ3) is 3.35. The average Bonchev–Trinajstić information content (AvgIpc) is 2.30. The van der Waals surface area contributed by atoms with E-state index in [2.05, 4.69) is 5.32 Å². The van der Waals surface area contributed by atoms with Crippen molar-refractivity contribution in [2.75, 3.05) is 13.1 Å². The van der Waals surface area contributed by atoms with Crippen LogP contribution in [0.1, 0.15) is 20.8 Å². The van der Waals surface area contributed by atoms with Crippen molar-refractivity contribution in [1.82, 2.24) is 5.32 Å². The molecule has 0 bridgehead atoms. The summed E-state index contributed by atoms with van der Waals surface area (Å²) in [4.78, 5) is 0. The Bertz CT molecular complexity index is 408. The normalized spacial score (nSPS) is 11.7. The van der Waals surface area contributed by atoms with Crippen molar-refractivity contribution < 1.29 is 22.3 Å². The van der Waals surface area contributed by atoms with Crippen LogP contribution in [0.3, 0.4) is 0 Å². The van der Waals surface area contributed by atoms with Crippen molar-refractivity contribution in [3.05, 3.63) is 29.3 Å². The summed E-state index contributed by atoms with van der Waals surface area (Å²) in [6, 6.07) is 0.148. The zero-order valence-electron chi connectivity index (χ0n) is 10.4. The van der Waals surface area contributed by atoms with Crippen LogP contribution in [-0.4, -0.2) is 18.7 Å². The number of rotatable bonds is 5. The Morgan fingerprint density at radius 1 is 1.11 bits per heavy atom. The maximum Gasteiger partial charge on any atom is 0.203 e. The van der Waals surface area contributed by atoms with Gasteiger partial charge in [0.15, 0.2) is 17.4 Å². The number of hydrogen-bond acceptors (Lipinski definition) is 2. The van der Waals surface area contributed by atoms with Crippen LogP contribution in [0, 0.1) is 23.3 Å². The molecule has 1 N–H and O–H groups in total. The molecular formula is C12H15F4NO. The van der Waals surface area contributed by atoms with Gasteiger partial charge >= 0.3 is 0 Å². The van der Waals surface area contributed by atoms with E-state index >= 15 is 0 Å². The van der Waals surface area contributed by atoms with Gasteiger partial charge in [0.2, 0.25) is 11.6 Å². The Morgan fingerprint density at radius 2 is 1.61 bits per heavy atom. The van der Waals surface area contributed by atoms with Crippen molar-refractivity contribution in [3.8, 4) is 5.75 Å². The van der Waals surface area contributed by atoms with Gasteiger partial charge in [0.1, 0.15) is 5.60 Å². The first-order valence-corrected chi connectivity index (χ1v) is 5.51. The molecule has 0 saturated heterocycles.